The van der Waals surface area contributed by atoms with Gasteiger partial charge < -0.3 is 10.4 Å². The molecule has 2 rings (SSSR count). The summed E-state index contributed by atoms with van der Waals surface area (Å²) in [4.78, 5) is 11.9. The van der Waals surface area contributed by atoms with E-state index in [4.69, 9.17) is 0 Å². The highest BCUT2D eigenvalue weighted by Gasteiger charge is 2.10. The summed E-state index contributed by atoms with van der Waals surface area (Å²) in [6.45, 7) is 2.39. The molecule has 1 aromatic carbocycles. The van der Waals surface area contributed by atoms with Gasteiger partial charge in [-0.15, -0.1) is 0 Å². The normalized spacial score (nSPS) is 10.4. The Morgan fingerprint density at radius 3 is 2.95 bits per heavy atom. The quantitative estimate of drug-likeness (QED) is 0.872. The van der Waals surface area contributed by atoms with Crippen LogP contribution in [0.2, 0.25) is 0 Å². The fourth-order valence-corrected chi connectivity index (χ4v) is 1.85. The van der Waals surface area contributed by atoms with Gasteiger partial charge in [0, 0.05) is 19.8 Å². The number of aryl methyl sites for hydroxylation is 2. The van der Waals surface area contributed by atoms with Crippen molar-refractivity contribution in [3.05, 3.63) is 47.3 Å². The lowest BCUT2D eigenvalue weighted by molar-refractivity contribution is 0.0951. The number of nitrogens with one attached hydrogen (secondary N) is 1. The van der Waals surface area contributed by atoms with Gasteiger partial charge in [-0.1, -0.05) is 11.6 Å². The monoisotopic (exact) mass is 259 g/mol. The van der Waals surface area contributed by atoms with Gasteiger partial charge in [0.05, 0.1) is 11.8 Å². The number of rotatable bonds is 4. The first-order valence-electron chi connectivity index (χ1n) is 6.11. The molecule has 0 aliphatic rings. The second-order valence-electron chi connectivity index (χ2n) is 4.55. The molecule has 5 nitrogen and oxygen atoms in total. The number of amides is 1. The van der Waals surface area contributed by atoms with Gasteiger partial charge in [-0.3, -0.25) is 9.48 Å². The molecule has 100 valence electrons. The van der Waals surface area contributed by atoms with E-state index in [0.717, 1.165) is 11.1 Å². The molecule has 0 bridgehead atoms. The van der Waals surface area contributed by atoms with Gasteiger partial charge in [0.2, 0.25) is 0 Å². The van der Waals surface area contributed by atoms with Crippen LogP contribution in [0.25, 0.3) is 0 Å². The van der Waals surface area contributed by atoms with E-state index in [0.29, 0.717) is 18.5 Å². The smallest absolute Gasteiger partial charge is 0.255 e. The van der Waals surface area contributed by atoms with Crippen LogP contribution in [0, 0.1) is 6.92 Å². The summed E-state index contributed by atoms with van der Waals surface area (Å²) in [6, 6.07) is 4.97. The Kier molecular flexibility index (Phi) is 3.85. The summed E-state index contributed by atoms with van der Waals surface area (Å²) >= 11 is 0. The SMILES string of the molecule is Cc1ccc(O)c(C(=O)NCCc2cnn(C)c2)c1. The number of nitrogens with zero attached hydrogens (tertiary/aromatic N) is 2. The van der Waals surface area contributed by atoms with Crippen molar-refractivity contribution in [3.8, 4) is 5.75 Å². The van der Waals surface area contributed by atoms with Gasteiger partial charge in [-0.05, 0) is 31.0 Å². The predicted octanol–water partition coefficient (Wildman–Crippen LogP) is 1.41. The van der Waals surface area contributed by atoms with E-state index in [1.54, 1.807) is 23.0 Å². The molecule has 0 saturated carbocycles. The highest BCUT2D eigenvalue weighted by molar-refractivity contribution is 5.96. The maximum atomic E-state index is 11.9. The summed E-state index contributed by atoms with van der Waals surface area (Å²) in [6.07, 6.45) is 4.40. The van der Waals surface area contributed by atoms with E-state index >= 15 is 0 Å². The molecule has 1 heterocycles. The molecule has 2 N–H and O–H groups in total. The average Bonchev–Trinajstić information content (AvgIpc) is 2.78. The number of phenolic OH excluding ortho intramolecular Hbond substituents is 1. The molecule has 0 atom stereocenters. The van der Waals surface area contributed by atoms with E-state index in [1.807, 2.05) is 20.2 Å². The van der Waals surface area contributed by atoms with E-state index in [-0.39, 0.29) is 11.7 Å². The number of hydrogen-bond acceptors (Lipinski definition) is 3. The van der Waals surface area contributed by atoms with Crippen LogP contribution in [0.15, 0.2) is 30.6 Å². The Balaban J connectivity index is 1.92. The minimum absolute atomic E-state index is 0.00415. The molecule has 2 aromatic rings. The summed E-state index contributed by atoms with van der Waals surface area (Å²) in [5.41, 5.74) is 2.32. The Morgan fingerprint density at radius 1 is 1.47 bits per heavy atom. The topological polar surface area (TPSA) is 67.2 Å². The van der Waals surface area contributed by atoms with Gasteiger partial charge in [-0.25, -0.2) is 0 Å². The Bertz CT molecular complexity index is 590. The molecule has 0 unspecified atom stereocenters. The molecular formula is C14H17N3O2. The standard InChI is InChI=1S/C14H17N3O2/c1-10-3-4-13(18)12(7-10)14(19)15-6-5-11-8-16-17(2)9-11/h3-4,7-9,18H,5-6H2,1-2H3,(H,15,19). The van der Waals surface area contributed by atoms with Crippen molar-refractivity contribution in [1.29, 1.82) is 0 Å². The zero-order chi connectivity index (χ0) is 13.8. The summed E-state index contributed by atoms with van der Waals surface area (Å²) in [5.74, 6) is -0.255. The van der Waals surface area contributed by atoms with Crippen LogP contribution in [-0.2, 0) is 13.5 Å². The predicted molar refractivity (Wildman–Crippen MR) is 72.1 cm³/mol. The maximum absolute atomic E-state index is 11.9. The number of benzene rings is 1. The van der Waals surface area contributed by atoms with Crippen LogP contribution in [0.1, 0.15) is 21.5 Å². The Labute approximate surface area is 111 Å². The van der Waals surface area contributed by atoms with Crippen molar-refractivity contribution in [2.24, 2.45) is 7.05 Å². The zero-order valence-electron chi connectivity index (χ0n) is 11.1. The molecule has 0 radical (unpaired) electrons. The second-order valence-corrected chi connectivity index (χ2v) is 4.55. The van der Waals surface area contributed by atoms with Crippen molar-refractivity contribution in [3.63, 3.8) is 0 Å². The van der Waals surface area contributed by atoms with E-state index in [2.05, 4.69) is 10.4 Å². The third-order valence-electron chi connectivity index (χ3n) is 2.85. The first-order valence-corrected chi connectivity index (χ1v) is 6.11. The van der Waals surface area contributed by atoms with Crippen LogP contribution in [-0.4, -0.2) is 27.3 Å². The molecule has 0 spiro atoms. The van der Waals surface area contributed by atoms with Crippen molar-refractivity contribution in [2.75, 3.05) is 6.54 Å². The molecule has 1 amide bonds. The first-order chi connectivity index (χ1) is 9.06. The van der Waals surface area contributed by atoms with Crippen molar-refractivity contribution >= 4 is 5.91 Å². The van der Waals surface area contributed by atoms with Gasteiger partial charge in [0.25, 0.3) is 5.91 Å². The lowest BCUT2D eigenvalue weighted by Crippen LogP contribution is -2.25. The van der Waals surface area contributed by atoms with Crippen molar-refractivity contribution < 1.29 is 9.90 Å². The van der Waals surface area contributed by atoms with Crippen LogP contribution < -0.4 is 5.32 Å². The number of carbonyl (C=O) groups is 1. The summed E-state index contributed by atoms with van der Waals surface area (Å²) in [7, 11) is 1.85. The lowest BCUT2D eigenvalue weighted by atomic mass is 10.1. The minimum Gasteiger partial charge on any atom is -0.507 e. The van der Waals surface area contributed by atoms with Crippen molar-refractivity contribution in [2.45, 2.75) is 13.3 Å². The molecule has 19 heavy (non-hydrogen) atoms. The summed E-state index contributed by atoms with van der Waals surface area (Å²) in [5, 5.41) is 16.5. The zero-order valence-corrected chi connectivity index (χ0v) is 11.1. The molecule has 5 heteroatoms. The fraction of sp³-hybridized carbons (Fsp3) is 0.286. The number of carbonyl (C=O) groups excluding carboxylic acids is 1. The number of hydrogen-bond donors (Lipinski definition) is 2. The molecule has 0 aliphatic carbocycles. The van der Waals surface area contributed by atoms with Crippen molar-refractivity contribution in [1.82, 2.24) is 15.1 Å². The van der Waals surface area contributed by atoms with E-state index < -0.39 is 0 Å². The highest BCUT2D eigenvalue weighted by Crippen LogP contribution is 2.17. The van der Waals surface area contributed by atoms with Crippen LogP contribution in [0.3, 0.4) is 0 Å². The third kappa shape index (κ3) is 3.34. The number of aromatic hydroxyl groups is 1. The largest absolute Gasteiger partial charge is 0.507 e. The van der Waals surface area contributed by atoms with Gasteiger partial charge >= 0.3 is 0 Å². The number of aromatic nitrogens is 2. The minimum atomic E-state index is -0.259. The Morgan fingerprint density at radius 2 is 2.26 bits per heavy atom. The second kappa shape index (κ2) is 5.56. The molecule has 1 aromatic heterocycles. The van der Waals surface area contributed by atoms with E-state index in [1.165, 1.54) is 6.07 Å². The first kappa shape index (κ1) is 13.1. The molecule has 0 fully saturated rings. The van der Waals surface area contributed by atoms with E-state index in [9.17, 15) is 9.90 Å². The molecular weight excluding hydrogens is 242 g/mol. The van der Waals surface area contributed by atoms with Gasteiger partial charge in [0.1, 0.15) is 5.75 Å². The molecule has 0 saturated heterocycles. The van der Waals surface area contributed by atoms with Gasteiger partial charge in [-0.2, -0.15) is 5.10 Å². The van der Waals surface area contributed by atoms with Crippen LogP contribution in [0.5, 0.6) is 5.75 Å². The Hall–Kier alpha value is -2.30. The average molecular weight is 259 g/mol. The maximum Gasteiger partial charge on any atom is 0.255 e. The van der Waals surface area contributed by atoms with Crippen LogP contribution >= 0.6 is 0 Å². The highest BCUT2D eigenvalue weighted by atomic mass is 16.3. The number of phenols is 1. The van der Waals surface area contributed by atoms with Gasteiger partial charge in [0.15, 0.2) is 0 Å². The lowest BCUT2D eigenvalue weighted by Gasteiger charge is -2.07. The fourth-order valence-electron chi connectivity index (χ4n) is 1.85. The third-order valence-corrected chi connectivity index (χ3v) is 2.85. The summed E-state index contributed by atoms with van der Waals surface area (Å²) < 4.78 is 1.73. The van der Waals surface area contributed by atoms with Crippen LogP contribution in [0.4, 0.5) is 0 Å². The molecule has 0 aliphatic heterocycles.